The molecule has 29 heavy (non-hydrogen) atoms. The molecule has 0 fully saturated rings. The van der Waals surface area contributed by atoms with Gasteiger partial charge in [0.1, 0.15) is 0 Å². The van der Waals surface area contributed by atoms with Gasteiger partial charge in [0.25, 0.3) is 0 Å². The van der Waals surface area contributed by atoms with Crippen molar-refractivity contribution in [1.29, 1.82) is 0 Å². The second-order valence-electron chi connectivity index (χ2n) is 7.72. The number of hydrogen-bond acceptors (Lipinski definition) is 3. The van der Waals surface area contributed by atoms with Crippen LogP contribution in [-0.4, -0.2) is 23.2 Å². The molecule has 0 aliphatic heterocycles. The van der Waals surface area contributed by atoms with Crippen molar-refractivity contribution in [3.8, 4) is 11.1 Å². The summed E-state index contributed by atoms with van der Waals surface area (Å²) < 4.78 is 0. The zero-order valence-corrected chi connectivity index (χ0v) is 16.6. The lowest BCUT2D eigenvalue weighted by Gasteiger charge is -2.35. The number of anilines is 1. The Balaban J connectivity index is 1.64. The van der Waals surface area contributed by atoms with Crippen molar-refractivity contribution >= 4 is 12.8 Å². The maximum atomic E-state index is 9.44. The molecule has 2 N–H and O–H groups in total. The minimum absolute atomic E-state index is 0.129. The van der Waals surface area contributed by atoms with Gasteiger partial charge in [0.05, 0.1) is 6.04 Å². The summed E-state index contributed by atoms with van der Waals surface area (Å²) in [5.41, 5.74) is 5.28. The Bertz CT molecular complexity index is 958. The van der Waals surface area contributed by atoms with E-state index in [-0.39, 0.29) is 6.04 Å². The lowest BCUT2D eigenvalue weighted by molar-refractivity contribution is 0.420. The molecule has 2 aliphatic carbocycles. The van der Waals surface area contributed by atoms with Crippen LogP contribution in [0.1, 0.15) is 19.8 Å². The van der Waals surface area contributed by atoms with Gasteiger partial charge in [-0.15, -0.1) is 0 Å². The first-order valence-corrected chi connectivity index (χ1v) is 10.2. The van der Waals surface area contributed by atoms with Crippen LogP contribution in [0.15, 0.2) is 102 Å². The Morgan fingerprint density at radius 3 is 2.14 bits per heavy atom. The van der Waals surface area contributed by atoms with Crippen LogP contribution in [0.3, 0.4) is 0 Å². The van der Waals surface area contributed by atoms with E-state index in [1.54, 1.807) is 0 Å². The molecule has 2 aromatic rings. The molecular weight excluding hydrogens is 357 g/mol. The standard InChI is InChI=1S/C25H26BNO2/c1-19-7-13-23(14-8-19)27(25-17-11-22(12-18-25)26(28)29)24-15-9-21(10-16-24)20-5-3-2-4-6-20/h2-7,9-17,19,25,28-29H,8,18H2,1H3. The third-order valence-electron chi connectivity index (χ3n) is 5.56. The largest absolute Gasteiger partial charge is 0.488 e. The fraction of sp³-hybridized carbons (Fsp3) is 0.200. The van der Waals surface area contributed by atoms with E-state index < -0.39 is 7.12 Å². The molecule has 0 amide bonds. The van der Waals surface area contributed by atoms with Crippen LogP contribution in [0, 0.1) is 5.92 Å². The Morgan fingerprint density at radius 2 is 1.55 bits per heavy atom. The van der Waals surface area contributed by atoms with E-state index in [2.05, 4.69) is 84.7 Å². The number of hydrogen-bond donors (Lipinski definition) is 2. The molecule has 2 unspecified atom stereocenters. The second-order valence-corrected chi connectivity index (χ2v) is 7.72. The third-order valence-corrected chi connectivity index (χ3v) is 5.56. The van der Waals surface area contributed by atoms with Crippen molar-refractivity contribution in [2.45, 2.75) is 25.8 Å². The van der Waals surface area contributed by atoms with Gasteiger partial charge in [-0.3, -0.25) is 0 Å². The average molecular weight is 383 g/mol. The van der Waals surface area contributed by atoms with Gasteiger partial charge in [0.15, 0.2) is 0 Å². The van der Waals surface area contributed by atoms with Gasteiger partial charge < -0.3 is 14.9 Å². The average Bonchev–Trinajstić information content (AvgIpc) is 2.77. The zero-order chi connectivity index (χ0) is 20.2. The van der Waals surface area contributed by atoms with Crippen molar-refractivity contribution in [2.24, 2.45) is 5.92 Å². The summed E-state index contributed by atoms with van der Waals surface area (Å²) in [5.74, 6) is 0.555. The summed E-state index contributed by atoms with van der Waals surface area (Å²) in [6.07, 6.45) is 14.3. The Morgan fingerprint density at radius 1 is 0.828 bits per heavy atom. The van der Waals surface area contributed by atoms with E-state index in [1.165, 1.54) is 16.8 Å². The van der Waals surface area contributed by atoms with Crippen molar-refractivity contribution in [2.75, 3.05) is 4.90 Å². The van der Waals surface area contributed by atoms with E-state index >= 15 is 0 Å². The molecule has 4 rings (SSSR count). The lowest BCUT2D eigenvalue weighted by atomic mass is 9.76. The fourth-order valence-electron chi connectivity index (χ4n) is 3.88. The van der Waals surface area contributed by atoms with Crippen LogP contribution in [0.25, 0.3) is 11.1 Å². The fourth-order valence-corrected chi connectivity index (χ4v) is 3.88. The number of rotatable bonds is 5. The summed E-state index contributed by atoms with van der Waals surface area (Å²) in [6, 6.07) is 19.2. The van der Waals surface area contributed by atoms with Crippen molar-refractivity contribution < 1.29 is 10.0 Å². The summed E-state index contributed by atoms with van der Waals surface area (Å²) in [6.45, 7) is 2.22. The van der Waals surface area contributed by atoms with Gasteiger partial charge in [0.2, 0.25) is 0 Å². The number of nitrogens with zero attached hydrogens (tertiary/aromatic N) is 1. The third kappa shape index (κ3) is 4.45. The topological polar surface area (TPSA) is 43.7 Å². The molecule has 0 aromatic heterocycles. The number of benzene rings is 2. The molecule has 2 aromatic carbocycles. The summed E-state index contributed by atoms with van der Waals surface area (Å²) in [5, 5.41) is 18.9. The van der Waals surface area contributed by atoms with Crippen LogP contribution in [0.5, 0.6) is 0 Å². The van der Waals surface area contributed by atoms with Gasteiger partial charge in [-0.2, -0.15) is 0 Å². The Hall–Kier alpha value is -2.82. The quantitative estimate of drug-likeness (QED) is 0.722. The highest BCUT2D eigenvalue weighted by atomic mass is 16.4. The molecule has 0 spiro atoms. The molecule has 0 saturated heterocycles. The van der Waals surface area contributed by atoms with Crippen LogP contribution in [0.2, 0.25) is 0 Å². The maximum absolute atomic E-state index is 9.44. The summed E-state index contributed by atoms with van der Waals surface area (Å²) >= 11 is 0. The van der Waals surface area contributed by atoms with E-state index in [4.69, 9.17) is 0 Å². The predicted octanol–water partition coefficient (Wildman–Crippen LogP) is 4.91. The summed E-state index contributed by atoms with van der Waals surface area (Å²) in [7, 11) is -1.42. The first kappa shape index (κ1) is 19.5. The first-order chi connectivity index (χ1) is 14.1. The molecule has 0 radical (unpaired) electrons. The molecule has 0 heterocycles. The maximum Gasteiger partial charge on any atom is 0.488 e. The van der Waals surface area contributed by atoms with Gasteiger partial charge in [-0.05, 0) is 53.6 Å². The van der Waals surface area contributed by atoms with Gasteiger partial charge >= 0.3 is 7.12 Å². The van der Waals surface area contributed by atoms with Crippen LogP contribution in [-0.2, 0) is 0 Å². The van der Waals surface area contributed by atoms with Gasteiger partial charge in [-0.1, -0.05) is 79.8 Å². The van der Waals surface area contributed by atoms with Gasteiger partial charge in [-0.25, -0.2) is 0 Å². The Labute approximate surface area is 173 Å². The minimum Gasteiger partial charge on any atom is -0.423 e. The van der Waals surface area contributed by atoms with Gasteiger partial charge in [0, 0.05) is 11.4 Å². The van der Waals surface area contributed by atoms with Crippen molar-refractivity contribution in [3.05, 3.63) is 102 Å². The monoisotopic (exact) mass is 383 g/mol. The highest BCUT2D eigenvalue weighted by Crippen LogP contribution is 2.32. The molecule has 3 nitrogen and oxygen atoms in total. The molecule has 0 saturated carbocycles. The van der Waals surface area contributed by atoms with Crippen LogP contribution >= 0.6 is 0 Å². The second kappa shape index (κ2) is 8.68. The molecular formula is C25H26BNO2. The molecule has 146 valence electrons. The van der Waals surface area contributed by atoms with Crippen LogP contribution in [0.4, 0.5) is 5.69 Å². The first-order valence-electron chi connectivity index (χ1n) is 10.2. The van der Waals surface area contributed by atoms with E-state index in [0.717, 1.165) is 18.5 Å². The van der Waals surface area contributed by atoms with Crippen molar-refractivity contribution in [3.63, 3.8) is 0 Å². The number of allylic oxidation sites excluding steroid dienone is 5. The normalized spacial score (nSPS) is 20.8. The van der Waals surface area contributed by atoms with E-state index in [9.17, 15) is 10.0 Å². The summed E-state index contributed by atoms with van der Waals surface area (Å²) in [4.78, 5) is 2.34. The van der Waals surface area contributed by atoms with E-state index in [0.29, 0.717) is 11.4 Å². The molecule has 4 heteroatoms. The molecule has 2 aliphatic rings. The lowest BCUT2D eigenvalue weighted by Crippen LogP contribution is -2.34. The van der Waals surface area contributed by atoms with Crippen LogP contribution < -0.4 is 4.90 Å². The molecule has 0 bridgehead atoms. The predicted molar refractivity (Wildman–Crippen MR) is 121 cm³/mol. The zero-order valence-electron chi connectivity index (χ0n) is 16.6. The van der Waals surface area contributed by atoms with E-state index in [1.807, 2.05) is 18.2 Å². The smallest absolute Gasteiger partial charge is 0.423 e. The SMILES string of the molecule is CC1C=CC(N(c2ccc(-c3ccccc3)cc2)C2C=CC(B(O)O)=CC2)=CC1. The molecule has 2 atom stereocenters. The highest BCUT2D eigenvalue weighted by Gasteiger charge is 2.24. The van der Waals surface area contributed by atoms with Crippen molar-refractivity contribution in [1.82, 2.24) is 0 Å². The minimum atomic E-state index is -1.42. The highest BCUT2D eigenvalue weighted by molar-refractivity contribution is 6.51. The Kier molecular flexibility index (Phi) is 5.84.